The molecule has 0 saturated carbocycles. The zero-order valence-electron chi connectivity index (χ0n) is 12.0. The summed E-state index contributed by atoms with van der Waals surface area (Å²) >= 11 is 0. The van der Waals surface area contributed by atoms with E-state index in [0.29, 0.717) is 6.04 Å². The smallest absolute Gasteiger partial charge is 0.109 e. The van der Waals surface area contributed by atoms with Crippen LogP contribution < -0.4 is 0 Å². The minimum absolute atomic E-state index is 0.183. The van der Waals surface area contributed by atoms with Crippen LogP contribution in [0.25, 0.3) is 0 Å². The molecule has 0 spiro atoms. The number of imidazole rings is 1. The molecule has 2 aliphatic rings. The Bertz CT molecular complexity index is 441. The SMILES string of the molecule is CC(C)N1CCC(Cc2cn3c(n2)CCC(O)C3)C1. The molecule has 1 aromatic heterocycles. The Balaban J connectivity index is 1.62. The predicted molar refractivity (Wildman–Crippen MR) is 75.1 cm³/mol. The van der Waals surface area contributed by atoms with E-state index in [-0.39, 0.29) is 6.10 Å². The molecule has 0 radical (unpaired) electrons. The average molecular weight is 263 g/mol. The maximum atomic E-state index is 9.69. The van der Waals surface area contributed by atoms with Gasteiger partial charge in [0, 0.05) is 31.7 Å². The van der Waals surface area contributed by atoms with E-state index < -0.39 is 0 Å². The van der Waals surface area contributed by atoms with Crippen molar-refractivity contribution in [1.29, 1.82) is 0 Å². The van der Waals surface area contributed by atoms with Crippen LogP contribution in [0.3, 0.4) is 0 Å². The molecule has 0 amide bonds. The maximum absolute atomic E-state index is 9.69. The molecular formula is C15H25N3O. The number of aromatic nitrogens is 2. The second kappa shape index (κ2) is 5.25. The molecular weight excluding hydrogens is 238 g/mol. The van der Waals surface area contributed by atoms with Gasteiger partial charge in [-0.25, -0.2) is 4.98 Å². The molecule has 4 heteroatoms. The Hall–Kier alpha value is -0.870. The summed E-state index contributed by atoms with van der Waals surface area (Å²) in [5, 5.41) is 9.69. The van der Waals surface area contributed by atoms with Crippen LogP contribution in [0, 0.1) is 5.92 Å². The Morgan fingerprint density at radius 2 is 2.21 bits per heavy atom. The molecule has 0 aliphatic carbocycles. The molecule has 2 unspecified atom stereocenters. The van der Waals surface area contributed by atoms with Crippen LogP contribution in [0.4, 0.5) is 0 Å². The molecule has 2 aliphatic heterocycles. The minimum Gasteiger partial charge on any atom is -0.391 e. The Morgan fingerprint density at radius 1 is 1.37 bits per heavy atom. The van der Waals surface area contributed by atoms with Crippen molar-refractivity contribution in [2.75, 3.05) is 13.1 Å². The number of aryl methyl sites for hydroxylation is 1. The first-order chi connectivity index (χ1) is 9.11. The van der Waals surface area contributed by atoms with Crippen LogP contribution in [0.1, 0.15) is 38.2 Å². The highest BCUT2D eigenvalue weighted by atomic mass is 16.3. The lowest BCUT2D eigenvalue weighted by Crippen LogP contribution is -2.28. The van der Waals surface area contributed by atoms with Crippen LogP contribution in [-0.2, 0) is 19.4 Å². The van der Waals surface area contributed by atoms with Gasteiger partial charge in [-0.2, -0.15) is 0 Å². The molecule has 1 N–H and O–H groups in total. The fourth-order valence-electron chi connectivity index (χ4n) is 3.38. The fraction of sp³-hybridized carbons (Fsp3) is 0.800. The topological polar surface area (TPSA) is 41.3 Å². The van der Waals surface area contributed by atoms with Crippen molar-refractivity contribution in [2.24, 2.45) is 5.92 Å². The Labute approximate surface area is 115 Å². The normalized spacial score (nSPS) is 28.0. The highest BCUT2D eigenvalue weighted by Crippen LogP contribution is 2.23. The van der Waals surface area contributed by atoms with E-state index in [4.69, 9.17) is 4.98 Å². The van der Waals surface area contributed by atoms with E-state index in [1.54, 1.807) is 0 Å². The van der Waals surface area contributed by atoms with Crippen molar-refractivity contribution in [3.05, 3.63) is 17.7 Å². The van der Waals surface area contributed by atoms with Gasteiger partial charge in [0.2, 0.25) is 0 Å². The van der Waals surface area contributed by atoms with Gasteiger partial charge < -0.3 is 14.6 Å². The van der Waals surface area contributed by atoms with E-state index in [9.17, 15) is 5.11 Å². The molecule has 1 saturated heterocycles. The van der Waals surface area contributed by atoms with Gasteiger partial charge in [-0.15, -0.1) is 0 Å². The third-order valence-electron chi connectivity index (χ3n) is 4.56. The lowest BCUT2D eigenvalue weighted by molar-refractivity contribution is 0.130. The maximum Gasteiger partial charge on any atom is 0.109 e. The number of aliphatic hydroxyl groups excluding tert-OH is 1. The van der Waals surface area contributed by atoms with Crippen LogP contribution >= 0.6 is 0 Å². The van der Waals surface area contributed by atoms with E-state index in [1.807, 2.05) is 0 Å². The fourth-order valence-corrected chi connectivity index (χ4v) is 3.38. The number of aliphatic hydroxyl groups is 1. The Kier molecular flexibility index (Phi) is 3.63. The van der Waals surface area contributed by atoms with Crippen molar-refractivity contribution in [3.8, 4) is 0 Å². The molecule has 1 aromatic rings. The van der Waals surface area contributed by atoms with Crippen molar-refractivity contribution >= 4 is 0 Å². The first-order valence-electron chi connectivity index (χ1n) is 7.59. The second-order valence-corrected chi connectivity index (χ2v) is 6.44. The van der Waals surface area contributed by atoms with Crippen molar-refractivity contribution in [2.45, 2.75) is 58.2 Å². The number of fused-ring (bicyclic) bond motifs is 1. The third kappa shape index (κ3) is 2.84. The Morgan fingerprint density at radius 3 is 2.95 bits per heavy atom. The van der Waals surface area contributed by atoms with Gasteiger partial charge in [0.1, 0.15) is 5.82 Å². The van der Waals surface area contributed by atoms with E-state index in [1.165, 1.54) is 31.0 Å². The molecule has 3 heterocycles. The average Bonchev–Trinajstić information content (AvgIpc) is 2.95. The predicted octanol–water partition coefficient (Wildman–Crippen LogP) is 1.46. The summed E-state index contributed by atoms with van der Waals surface area (Å²) in [5.41, 5.74) is 1.22. The molecule has 19 heavy (non-hydrogen) atoms. The van der Waals surface area contributed by atoms with Gasteiger partial charge in [0.05, 0.1) is 11.8 Å². The van der Waals surface area contributed by atoms with E-state index >= 15 is 0 Å². The van der Waals surface area contributed by atoms with Crippen LogP contribution in [0.15, 0.2) is 6.20 Å². The molecule has 0 aromatic carbocycles. The highest BCUT2D eigenvalue weighted by molar-refractivity contribution is 5.08. The summed E-state index contributed by atoms with van der Waals surface area (Å²) in [6, 6.07) is 0.662. The van der Waals surface area contributed by atoms with Gasteiger partial charge in [0.15, 0.2) is 0 Å². The zero-order valence-corrected chi connectivity index (χ0v) is 12.0. The van der Waals surface area contributed by atoms with Gasteiger partial charge in [-0.3, -0.25) is 0 Å². The molecule has 0 bridgehead atoms. The first-order valence-corrected chi connectivity index (χ1v) is 7.59. The number of hydrogen-bond acceptors (Lipinski definition) is 3. The van der Waals surface area contributed by atoms with Crippen molar-refractivity contribution in [1.82, 2.24) is 14.5 Å². The molecule has 1 fully saturated rings. The van der Waals surface area contributed by atoms with Crippen LogP contribution in [0.2, 0.25) is 0 Å². The van der Waals surface area contributed by atoms with Gasteiger partial charge in [-0.1, -0.05) is 0 Å². The van der Waals surface area contributed by atoms with Crippen molar-refractivity contribution < 1.29 is 5.11 Å². The van der Waals surface area contributed by atoms with Crippen LogP contribution in [0.5, 0.6) is 0 Å². The zero-order chi connectivity index (χ0) is 13.4. The summed E-state index contributed by atoms with van der Waals surface area (Å²) in [6.07, 6.45) is 6.15. The van der Waals surface area contributed by atoms with E-state index in [0.717, 1.165) is 31.7 Å². The number of rotatable bonds is 3. The summed E-state index contributed by atoms with van der Waals surface area (Å²) in [4.78, 5) is 7.31. The second-order valence-electron chi connectivity index (χ2n) is 6.44. The molecule has 4 nitrogen and oxygen atoms in total. The van der Waals surface area contributed by atoms with Gasteiger partial charge in [0.25, 0.3) is 0 Å². The monoisotopic (exact) mass is 263 g/mol. The molecule has 106 valence electrons. The summed E-state index contributed by atoms with van der Waals surface area (Å²) in [6.45, 7) is 7.72. The summed E-state index contributed by atoms with van der Waals surface area (Å²) in [7, 11) is 0. The third-order valence-corrected chi connectivity index (χ3v) is 4.56. The lowest BCUT2D eigenvalue weighted by atomic mass is 10.0. The molecule has 3 rings (SSSR count). The standard InChI is InChI=1S/C15H25N3O/c1-11(2)17-6-5-12(8-17)7-13-9-18-10-14(19)3-4-15(18)16-13/h9,11-12,14,19H,3-8,10H2,1-2H3. The minimum atomic E-state index is -0.183. The number of nitrogens with zero attached hydrogens (tertiary/aromatic N) is 3. The quantitative estimate of drug-likeness (QED) is 0.897. The van der Waals surface area contributed by atoms with E-state index in [2.05, 4.69) is 29.5 Å². The molecule has 2 atom stereocenters. The van der Waals surface area contributed by atoms with Gasteiger partial charge >= 0.3 is 0 Å². The van der Waals surface area contributed by atoms with Crippen molar-refractivity contribution in [3.63, 3.8) is 0 Å². The summed E-state index contributed by atoms with van der Waals surface area (Å²) in [5.74, 6) is 1.92. The highest BCUT2D eigenvalue weighted by Gasteiger charge is 2.26. The van der Waals surface area contributed by atoms with Gasteiger partial charge in [-0.05, 0) is 45.6 Å². The first kappa shape index (κ1) is 13.1. The number of hydrogen-bond donors (Lipinski definition) is 1. The number of likely N-dealkylation sites (tertiary alicyclic amines) is 1. The largest absolute Gasteiger partial charge is 0.391 e. The lowest BCUT2D eigenvalue weighted by Gasteiger charge is -2.19. The van der Waals surface area contributed by atoms with Crippen LogP contribution in [-0.4, -0.2) is 44.8 Å². The summed E-state index contributed by atoms with van der Waals surface area (Å²) < 4.78 is 2.15.